The van der Waals surface area contributed by atoms with Gasteiger partial charge in [0.15, 0.2) is 0 Å². The Kier molecular flexibility index (Phi) is 3.71. The van der Waals surface area contributed by atoms with Crippen molar-refractivity contribution in [3.63, 3.8) is 0 Å². The Morgan fingerprint density at radius 2 is 2.14 bits per heavy atom. The maximum Gasteiger partial charge on any atom is 0.247 e. The van der Waals surface area contributed by atoms with Gasteiger partial charge in [0.05, 0.1) is 5.02 Å². The molecule has 8 heteroatoms. The number of halogens is 1. The van der Waals surface area contributed by atoms with Gasteiger partial charge in [0.25, 0.3) is 0 Å². The van der Waals surface area contributed by atoms with E-state index in [9.17, 15) is 8.42 Å². The van der Waals surface area contributed by atoms with Gasteiger partial charge in [-0.25, -0.2) is 13.6 Å². The number of primary sulfonamides is 1. The Hall–Kier alpha value is -1.12. The Labute approximate surface area is 131 Å². The Bertz CT molecular complexity index is 802. The second-order valence-corrected chi connectivity index (χ2v) is 8.07. The maximum absolute atomic E-state index is 11.3. The smallest absolute Gasteiger partial charge is 0.247 e. The van der Waals surface area contributed by atoms with Crippen LogP contribution in [0.1, 0.15) is 5.56 Å². The molecule has 4 N–H and O–H groups in total. The molecule has 3 rings (SSSR count). The lowest BCUT2D eigenvalue weighted by Crippen LogP contribution is -2.24. The van der Waals surface area contributed by atoms with Crippen molar-refractivity contribution in [3.05, 3.63) is 34.9 Å². The lowest BCUT2D eigenvalue weighted by Gasteiger charge is -2.07. The quantitative estimate of drug-likeness (QED) is 0.889. The fraction of sp³-hybridized carbons (Fsp3) is 0.231. The van der Waals surface area contributed by atoms with Gasteiger partial charge >= 0.3 is 0 Å². The molecule has 0 fully saturated rings. The molecule has 0 saturated carbocycles. The zero-order valence-corrected chi connectivity index (χ0v) is 13.3. The van der Waals surface area contributed by atoms with Gasteiger partial charge in [0.1, 0.15) is 16.1 Å². The first-order valence-corrected chi connectivity index (χ1v) is 8.94. The van der Waals surface area contributed by atoms with Crippen LogP contribution in [0.25, 0.3) is 10.4 Å². The molecule has 1 aromatic heterocycles. The summed E-state index contributed by atoms with van der Waals surface area (Å²) in [6.45, 7) is 0.426. The number of benzene rings is 1. The molecule has 1 unspecified atom stereocenters. The third-order valence-electron chi connectivity index (χ3n) is 3.26. The monoisotopic (exact) mass is 344 g/mol. The van der Waals surface area contributed by atoms with E-state index in [4.69, 9.17) is 27.2 Å². The second-order valence-electron chi connectivity index (χ2n) is 4.79. The SMILES string of the molecule is NCC1Cc2cc(-c3ccc(S(N)(=O)=O)s3)cc(Cl)c2O1. The highest BCUT2D eigenvalue weighted by Gasteiger charge is 2.25. The molecule has 1 atom stereocenters. The standard InChI is InChI=1S/C13H13ClN2O3S2/c14-10-5-7(3-8-4-9(6-15)19-13(8)10)11-1-2-12(20-11)21(16,17)18/h1-3,5,9H,4,6,15H2,(H2,16,17,18). The highest BCUT2D eigenvalue weighted by atomic mass is 35.5. The van der Waals surface area contributed by atoms with Crippen molar-refractivity contribution in [2.75, 3.05) is 6.54 Å². The summed E-state index contributed by atoms with van der Waals surface area (Å²) >= 11 is 7.36. The van der Waals surface area contributed by atoms with E-state index in [1.165, 1.54) is 6.07 Å². The minimum Gasteiger partial charge on any atom is -0.487 e. The molecule has 2 aromatic rings. The number of fused-ring (bicyclic) bond motifs is 1. The molecule has 0 spiro atoms. The van der Waals surface area contributed by atoms with Gasteiger partial charge in [0, 0.05) is 23.4 Å². The van der Waals surface area contributed by atoms with Crippen LogP contribution >= 0.6 is 22.9 Å². The zero-order chi connectivity index (χ0) is 15.2. The third kappa shape index (κ3) is 2.79. The number of hydrogen-bond donors (Lipinski definition) is 2. The van der Waals surface area contributed by atoms with E-state index in [-0.39, 0.29) is 10.3 Å². The average Bonchev–Trinajstić information content (AvgIpc) is 3.04. The van der Waals surface area contributed by atoms with E-state index >= 15 is 0 Å². The van der Waals surface area contributed by atoms with Gasteiger partial charge in [-0.2, -0.15) is 0 Å². The summed E-state index contributed by atoms with van der Waals surface area (Å²) in [5, 5.41) is 5.63. The first kappa shape index (κ1) is 14.8. The molecule has 2 heterocycles. The van der Waals surface area contributed by atoms with Crippen molar-refractivity contribution in [1.82, 2.24) is 0 Å². The number of ether oxygens (including phenoxy) is 1. The van der Waals surface area contributed by atoms with E-state index < -0.39 is 10.0 Å². The van der Waals surface area contributed by atoms with Gasteiger partial charge in [-0.3, -0.25) is 0 Å². The molecule has 0 saturated heterocycles. The molecule has 0 bridgehead atoms. The lowest BCUT2D eigenvalue weighted by molar-refractivity contribution is 0.241. The Balaban J connectivity index is 2.02. The zero-order valence-electron chi connectivity index (χ0n) is 10.9. The number of sulfonamides is 1. The summed E-state index contributed by atoms with van der Waals surface area (Å²) in [6, 6.07) is 6.93. The van der Waals surface area contributed by atoms with Crippen molar-refractivity contribution in [3.8, 4) is 16.2 Å². The second kappa shape index (κ2) is 5.26. The van der Waals surface area contributed by atoms with E-state index in [1.54, 1.807) is 12.1 Å². The van der Waals surface area contributed by atoms with Gasteiger partial charge < -0.3 is 10.5 Å². The predicted molar refractivity (Wildman–Crippen MR) is 83.3 cm³/mol. The molecule has 1 aliphatic heterocycles. The van der Waals surface area contributed by atoms with Crippen molar-refractivity contribution in [2.45, 2.75) is 16.7 Å². The van der Waals surface area contributed by atoms with E-state index in [2.05, 4.69) is 0 Å². The summed E-state index contributed by atoms with van der Waals surface area (Å²) in [7, 11) is -3.68. The fourth-order valence-corrected chi connectivity index (χ4v) is 4.29. The molecule has 1 aliphatic rings. The van der Waals surface area contributed by atoms with E-state index in [0.717, 1.165) is 27.3 Å². The third-order valence-corrected chi connectivity index (χ3v) is 6.12. The van der Waals surface area contributed by atoms with Crippen molar-refractivity contribution < 1.29 is 13.2 Å². The van der Waals surface area contributed by atoms with Gasteiger partial charge in [-0.15, -0.1) is 11.3 Å². The first-order valence-electron chi connectivity index (χ1n) is 6.20. The topological polar surface area (TPSA) is 95.4 Å². The summed E-state index contributed by atoms with van der Waals surface area (Å²) in [5.41, 5.74) is 7.45. The number of rotatable bonds is 3. The summed E-state index contributed by atoms with van der Waals surface area (Å²) in [6.07, 6.45) is 0.642. The van der Waals surface area contributed by atoms with Gasteiger partial charge in [0.2, 0.25) is 10.0 Å². The molecular weight excluding hydrogens is 332 g/mol. The minimum atomic E-state index is -3.68. The largest absolute Gasteiger partial charge is 0.487 e. The van der Waals surface area contributed by atoms with Crippen LogP contribution in [0.3, 0.4) is 0 Å². The predicted octanol–water partition coefficient (Wildman–Crippen LogP) is 1.98. The van der Waals surface area contributed by atoms with Crippen LogP contribution in [0.4, 0.5) is 0 Å². The minimum absolute atomic E-state index is 0.0592. The van der Waals surface area contributed by atoms with Crippen LogP contribution in [0, 0.1) is 0 Å². The lowest BCUT2D eigenvalue weighted by atomic mass is 10.1. The molecule has 0 radical (unpaired) electrons. The average molecular weight is 345 g/mol. The van der Waals surface area contributed by atoms with Crippen LogP contribution < -0.4 is 15.6 Å². The molecule has 1 aromatic carbocycles. The maximum atomic E-state index is 11.3. The summed E-state index contributed by atoms with van der Waals surface area (Å²) < 4.78 is 28.5. The van der Waals surface area contributed by atoms with Crippen LogP contribution in [0.2, 0.25) is 5.02 Å². The Morgan fingerprint density at radius 3 is 2.76 bits per heavy atom. The first-order chi connectivity index (χ1) is 9.88. The van der Waals surface area contributed by atoms with Crippen LogP contribution in [0.15, 0.2) is 28.5 Å². The molecule has 5 nitrogen and oxygen atoms in total. The number of nitrogens with two attached hydrogens (primary N) is 2. The van der Waals surface area contributed by atoms with E-state index in [1.807, 2.05) is 6.07 Å². The highest BCUT2D eigenvalue weighted by molar-refractivity contribution is 7.91. The molecule has 112 valence electrons. The van der Waals surface area contributed by atoms with Crippen molar-refractivity contribution in [2.24, 2.45) is 10.9 Å². The summed E-state index contributed by atoms with van der Waals surface area (Å²) in [5.74, 6) is 0.666. The van der Waals surface area contributed by atoms with Crippen LogP contribution in [-0.4, -0.2) is 21.1 Å². The van der Waals surface area contributed by atoms with Gasteiger partial charge in [-0.05, 0) is 29.8 Å². The van der Waals surface area contributed by atoms with E-state index in [0.29, 0.717) is 23.7 Å². The fourth-order valence-electron chi connectivity index (χ4n) is 2.29. The summed E-state index contributed by atoms with van der Waals surface area (Å²) in [4.78, 5) is 0.792. The highest BCUT2D eigenvalue weighted by Crippen LogP contribution is 2.41. The van der Waals surface area contributed by atoms with Crippen LogP contribution in [-0.2, 0) is 16.4 Å². The molecule has 21 heavy (non-hydrogen) atoms. The molecular formula is C13H13ClN2O3S2. The molecule has 0 aliphatic carbocycles. The van der Waals surface area contributed by atoms with Crippen molar-refractivity contribution in [1.29, 1.82) is 0 Å². The van der Waals surface area contributed by atoms with Gasteiger partial charge in [-0.1, -0.05) is 11.6 Å². The molecule has 0 amide bonds. The Morgan fingerprint density at radius 1 is 1.38 bits per heavy atom. The van der Waals surface area contributed by atoms with Crippen molar-refractivity contribution >= 4 is 33.0 Å². The van der Waals surface area contributed by atoms with Crippen LogP contribution in [0.5, 0.6) is 5.75 Å². The number of hydrogen-bond acceptors (Lipinski definition) is 5. The normalized spacial score (nSPS) is 17.6. The number of thiophene rings is 1.